The van der Waals surface area contributed by atoms with E-state index in [2.05, 4.69) is 11.6 Å². The van der Waals surface area contributed by atoms with Gasteiger partial charge in [0.25, 0.3) is 0 Å². The Balaban J connectivity index is 1.54. The quantitative estimate of drug-likeness (QED) is 0.327. The number of hydrogen-bond acceptors (Lipinski definition) is 3. The summed E-state index contributed by atoms with van der Waals surface area (Å²) in [5, 5.41) is 1.71. The number of rotatable bonds is 5. The molecule has 0 fully saturated rings. The van der Waals surface area contributed by atoms with Crippen LogP contribution in [0.1, 0.15) is 22.9 Å². The Hall–Kier alpha value is -3.77. The van der Waals surface area contributed by atoms with Gasteiger partial charge in [0.1, 0.15) is 30.0 Å². The Morgan fingerprint density at radius 1 is 1.12 bits per heavy atom. The minimum atomic E-state index is -0.508. The van der Waals surface area contributed by atoms with Crippen molar-refractivity contribution in [1.82, 2.24) is 9.88 Å². The molecule has 0 radical (unpaired) electrons. The number of H-pyrrole nitrogens is 1. The van der Waals surface area contributed by atoms with Gasteiger partial charge >= 0.3 is 6.09 Å². The average molecular weight is 477 g/mol. The monoisotopic (exact) mass is 476 g/mol. The van der Waals surface area contributed by atoms with Crippen LogP contribution in [0.2, 0.25) is 5.02 Å². The molecule has 1 amide bonds. The number of nitrogens with zero attached hydrogens (tertiary/aromatic N) is 1. The summed E-state index contributed by atoms with van der Waals surface area (Å²) < 4.78 is 24.5. The predicted octanol–water partition coefficient (Wildman–Crippen LogP) is 6.67. The first-order valence-corrected chi connectivity index (χ1v) is 11.3. The minimum absolute atomic E-state index is 0.285. The zero-order chi connectivity index (χ0) is 23.7. The van der Waals surface area contributed by atoms with E-state index in [1.54, 1.807) is 11.0 Å². The van der Waals surface area contributed by atoms with E-state index in [4.69, 9.17) is 21.1 Å². The number of nitrogens with one attached hydrogen (secondary N) is 1. The third-order valence-corrected chi connectivity index (χ3v) is 6.14. The van der Waals surface area contributed by atoms with Crippen LogP contribution in [0.25, 0.3) is 10.9 Å². The number of benzene rings is 3. The Labute approximate surface area is 201 Å². The number of carbonyl (C=O) groups is 1. The fourth-order valence-electron chi connectivity index (χ4n) is 4.37. The lowest BCUT2D eigenvalue weighted by Gasteiger charge is -2.35. The molecule has 1 unspecified atom stereocenters. The number of carbonyl (C=O) groups excluding carboxylic acids is 1. The first-order valence-electron chi connectivity index (χ1n) is 10.9. The highest BCUT2D eigenvalue weighted by molar-refractivity contribution is 6.31. The van der Waals surface area contributed by atoms with Gasteiger partial charge in [-0.05, 0) is 72.1 Å². The highest BCUT2D eigenvalue weighted by atomic mass is 35.5. The normalized spacial score (nSPS) is 15.1. The van der Waals surface area contributed by atoms with Crippen molar-refractivity contribution in [3.05, 3.63) is 107 Å². The number of fused-ring (bicyclic) bond motifs is 3. The van der Waals surface area contributed by atoms with E-state index < -0.39 is 18.0 Å². The number of aromatic nitrogens is 1. The van der Waals surface area contributed by atoms with E-state index in [1.165, 1.54) is 24.3 Å². The molecule has 0 saturated carbocycles. The lowest BCUT2D eigenvalue weighted by molar-refractivity contribution is 0.135. The molecule has 4 aromatic rings. The topological polar surface area (TPSA) is 54.6 Å². The number of hydrogen-bond donors (Lipinski definition) is 1. The van der Waals surface area contributed by atoms with Crippen molar-refractivity contribution in [1.29, 1.82) is 0 Å². The average Bonchev–Trinajstić information content (AvgIpc) is 3.21. The maximum atomic E-state index is 13.3. The van der Waals surface area contributed by atoms with Crippen LogP contribution in [0, 0.1) is 5.82 Å². The Morgan fingerprint density at radius 2 is 1.85 bits per heavy atom. The second kappa shape index (κ2) is 9.23. The van der Waals surface area contributed by atoms with Gasteiger partial charge in [-0.15, -0.1) is 0 Å². The summed E-state index contributed by atoms with van der Waals surface area (Å²) in [6.07, 6.45) is 1.82. The van der Waals surface area contributed by atoms with Gasteiger partial charge in [0.15, 0.2) is 0 Å². The summed E-state index contributed by atoms with van der Waals surface area (Å²) in [5.74, 6) is 0.604. The molecule has 172 valence electrons. The number of ether oxygens (including phenoxy) is 2. The minimum Gasteiger partial charge on any atom is -0.490 e. The largest absolute Gasteiger partial charge is 0.490 e. The van der Waals surface area contributed by atoms with Gasteiger partial charge in [-0.25, -0.2) is 9.18 Å². The summed E-state index contributed by atoms with van der Waals surface area (Å²) in [4.78, 5) is 18.4. The number of halogens is 2. The van der Waals surface area contributed by atoms with Gasteiger partial charge in [0.05, 0.1) is 0 Å². The Morgan fingerprint density at radius 3 is 2.59 bits per heavy atom. The fourth-order valence-corrected chi connectivity index (χ4v) is 4.54. The van der Waals surface area contributed by atoms with E-state index >= 15 is 0 Å². The molecule has 1 N–H and O–H groups in total. The van der Waals surface area contributed by atoms with Gasteiger partial charge < -0.3 is 14.5 Å². The highest BCUT2D eigenvalue weighted by Gasteiger charge is 2.35. The molecule has 1 aliphatic rings. The van der Waals surface area contributed by atoms with E-state index in [-0.39, 0.29) is 5.75 Å². The second-order valence-corrected chi connectivity index (χ2v) is 8.48. The molecule has 1 aromatic heterocycles. The molecule has 0 bridgehead atoms. The third kappa shape index (κ3) is 4.24. The zero-order valence-corrected chi connectivity index (χ0v) is 19.0. The molecular formula is C27H22ClFN2O3. The summed E-state index contributed by atoms with van der Waals surface area (Å²) in [6.45, 7) is 4.53. The molecule has 3 aromatic carbocycles. The van der Waals surface area contributed by atoms with Gasteiger partial charge in [0.2, 0.25) is 0 Å². The van der Waals surface area contributed by atoms with Crippen LogP contribution in [0.5, 0.6) is 11.5 Å². The lowest BCUT2D eigenvalue weighted by Crippen LogP contribution is -2.42. The first-order chi connectivity index (χ1) is 16.5. The molecule has 7 heteroatoms. The maximum absolute atomic E-state index is 13.3. The number of amides is 1. The highest BCUT2D eigenvalue weighted by Crippen LogP contribution is 2.40. The molecule has 1 aliphatic heterocycles. The van der Waals surface area contributed by atoms with Gasteiger partial charge in [-0.2, -0.15) is 0 Å². The predicted molar refractivity (Wildman–Crippen MR) is 130 cm³/mol. The standard InChI is InChI=1S/C27H22ClFN2O3/c1-2-15-33-20-8-3-17(4-9-20)26-25-22(23-16-18(28)5-12-24(23)30-25)13-14-31(26)27(32)34-21-10-6-19(29)7-11-21/h2-12,16,26,30H,1,13-15H2. The van der Waals surface area contributed by atoms with Crippen molar-refractivity contribution in [3.63, 3.8) is 0 Å². The molecule has 5 rings (SSSR count). The fraction of sp³-hybridized carbons (Fsp3) is 0.148. The molecule has 5 nitrogen and oxygen atoms in total. The molecule has 0 spiro atoms. The zero-order valence-electron chi connectivity index (χ0n) is 18.3. The molecule has 2 heterocycles. The smallest absolute Gasteiger partial charge is 0.416 e. The molecule has 0 saturated heterocycles. The Kier molecular flexibility index (Phi) is 5.99. The summed E-state index contributed by atoms with van der Waals surface area (Å²) in [5.41, 5.74) is 3.90. The Bertz CT molecular complexity index is 1350. The van der Waals surface area contributed by atoms with Crippen molar-refractivity contribution in [2.45, 2.75) is 12.5 Å². The van der Waals surface area contributed by atoms with E-state index in [1.807, 2.05) is 42.5 Å². The van der Waals surface area contributed by atoms with Crippen molar-refractivity contribution in [3.8, 4) is 11.5 Å². The van der Waals surface area contributed by atoms with Crippen LogP contribution in [-0.4, -0.2) is 29.1 Å². The SMILES string of the molecule is C=CCOc1ccc(C2c3[nH]c4ccc(Cl)cc4c3CCN2C(=O)Oc2ccc(F)cc2)cc1. The van der Waals surface area contributed by atoms with Crippen LogP contribution in [0.15, 0.2) is 79.4 Å². The molecular weight excluding hydrogens is 455 g/mol. The van der Waals surface area contributed by atoms with Crippen molar-refractivity contribution in [2.75, 3.05) is 13.2 Å². The van der Waals surface area contributed by atoms with Crippen LogP contribution in [0.4, 0.5) is 9.18 Å². The van der Waals surface area contributed by atoms with Gasteiger partial charge in [-0.1, -0.05) is 36.4 Å². The van der Waals surface area contributed by atoms with Crippen LogP contribution >= 0.6 is 11.6 Å². The third-order valence-electron chi connectivity index (χ3n) is 5.91. The van der Waals surface area contributed by atoms with E-state index in [9.17, 15) is 9.18 Å². The van der Waals surface area contributed by atoms with Crippen LogP contribution in [0.3, 0.4) is 0 Å². The van der Waals surface area contributed by atoms with Crippen molar-refractivity contribution in [2.24, 2.45) is 0 Å². The molecule has 0 aliphatic carbocycles. The lowest BCUT2D eigenvalue weighted by atomic mass is 9.92. The summed E-state index contributed by atoms with van der Waals surface area (Å²) in [6, 6.07) is 18.3. The maximum Gasteiger partial charge on any atom is 0.416 e. The van der Waals surface area contributed by atoms with Crippen LogP contribution in [-0.2, 0) is 6.42 Å². The van der Waals surface area contributed by atoms with E-state index in [0.29, 0.717) is 30.3 Å². The van der Waals surface area contributed by atoms with Crippen molar-refractivity contribution < 1.29 is 18.7 Å². The van der Waals surface area contributed by atoms with Gasteiger partial charge in [-0.3, -0.25) is 4.90 Å². The number of aromatic amines is 1. The second-order valence-electron chi connectivity index (χ2n) is 8.04. The summed E-state index contributed by atoms with van der Waals surface area (Å²) in [7, 11) is 0. The molecule has 34 heavy (non-hydrogen) atoms. The van der Waals surface area contributed by atoms with Gasteiger partial charge in [0, 0.05) is 28.2 Å². The first kappa shape index (κ1) is 22.0. The summed E-state index contributed by atoms with van der Waals surface area (Å²) >= 11 is 6.27. The van der Waals surface area contributed by atoms with Crippen LogP contribution < -0.4 is 9.47 Å². The van der Waals surface area contributed by atoms with E-state index in [0.717, 1.165) is 27.7 Å². The van der Waals surface area contributed by atoms with Crippen molar-refractivity contribution >= 4 is 28.6 Å². The molecule has 1 atom stereocenters.